The molecule has 2 rings (SSSR count). The van der Waals surface area contributed by atoms with E-state index in [1.807, 2.05) is 0 Å². The van der Waals surface area contributed by atoms with Gasteiger partial charge in [-0.05, 0) is 36.8 Å². The molecule has 1 aromatic carbocycles. The molecule has 0 aliphatic heterocycles. The van der Waals surface area contributed by atoms with Crippen LogP contribution in [0.4, 0.5) is 0 Å². The van der Waals surface area contributed by atoms with Crippen molar-refractivity contribution < 1.29 is 5.11 Å². The van der Waals surface area contributed by atoms with E-state index in [-0.39, 0.29) is 0 Å². The highest BCUT2D eigenvalue weighted by atomic mass is 16.3. The smallest absolute Gasteiger partial charge is 0.0766 e. The molecule has 0 heterocycles. The number of fused-ring (bicyclic) bond motifs is 1. The van der Waals surface area contributed by atoms with Gasteiger partial charge in [0.15, 0.2) is 0 Å². The molecular weight excluding hydrogens is 210 g/mol. The predicted octanol–water partition coefficient (Wildman–Crippen LogP) is 2.29. The fourth-order valence-electron chi connectivity index (χ4n) is 2.54. The van der Waals surface area contributed by atoms with Gasteiger partial charge in [-0.15, -0.1) is 0 Å². The minimum Gasteiger partial charge on any atom is -0.389 e. The number of hydrogen-bond donors (Lipinski definition) is 2. The second-order valence-electron chi connectivity index (χ2n) is 5.19. The number of hydrogen-bond acceptors (Lipinski definition) is 2. The number of rotatable bonds is 5. The first-order valence-corrected chi connectivity index (χ1v) is 6.69. The summed E-state index contributed by atoms with van der Waals surface area (Å²) in [5, 5.41) is 13.8. The predicted molar refractivity (Wildman–Crippen MR) is 71.2 cm³/mol. The van der Waals surface area contributed by atoms with Crippen molar-refractivity contribution in [3.63, 3.8) is 0 Å². The van der Waals surface area contributed by atoms with Crippen molar-refractivity contribution in [1.29, 1.82) is 0 Å². The van der Waals surface area contributed by atoms with E-state index < -0.39 is 5.60 Å². The van der Waals surface area contributed by atoms with Crippen LogP contribution in [0.15, 0.2) is 24.3 Å². The van der Waals surface area contributed by atoms with Crippen LogP contribution in [0, 0.1) is 0 Å². The van der Waals surface area contributed by atoms with Gasteiger partial charge in [0.2, 0.25) is 0 Å². The fourth-order valence-corrected chi connectivity index (χ4v) is 2.54. The van der Waals surface area contributed by atoms with Crippen LogP contribution in [0.5, 0.6) is 0 Å². The molecule has 2 heteroatoms. The van der Waals surface area contributed by atoms with Gasteiger partial charge < -0.3 is 10.4 Å². The van der Waals surface area contributed by atoms with Crippen LogP contribution in [-0.4, -0.2) is 23.3 Å². The summed E-state index contributed by atoms with van der Waals surface area (Å²) in [7, 11) is 0. The molecule has 0 amide bonds. The average molecular weight is 233 g/mol. The fraction of sp³-hybridized carbons (Fsp3) is 0.600. The second kappa shape index (κ2) is 5.19. The van der Waals surface area contributed by atoms with Crippen LogP contribution in [0.2, 0.25) is 0 Å². The van der Waals surface area contributed by atoms with E-state index in [1.54, 1.807) is 0 Å². The molecule has 0 radical (unpaired) electrons. The molecule has 0 bridgehead atoms. The Bertz CT molecular complexity index is 346. The minimum atomic E-state index is -0.533. The molecule has 0 unspecified atom stereocenters. The van der Waals surface area contributed by atoms with Crippen LogP contribution < -0.4 is 5.32 Å². The van der Waals surface area contributed by atoms with Crippen LogP contribution in [-0.2, 0) is 12.8 Å². The molecule has 1 aliphatic carbocycles. The Labute approximate surface area is 104 Å². The van der Waals surface area contributed by atoms with E-state index in [0.29, 0.717) is 12.6 Å². The number of nitrogens with one attached hydrogen (secondary N) is 1. The molecule has 0 aromatic heterocycles. The Kier molecular flexibility index (Phi) is 3.85. The van der Waals surface area contributed by atoms with E-state index in [1.165, 1.54) is 11.1 Å². The molecule has 0 fully saturated rings. The molecule has 0 saturated carbocycles. The Balaban J connectivity index is 1.88. The van der Waals surface area contributed by atoms with E-state index in [2.05, 4.69) is 43.4 Å². The van der Waals surface area contributed by atoms with Crippen molar-refractivity contribution in [1.82, 2.24) is 5.32 Å². The van der Waals surface area contributed by atoms with Crippen LogP contribution in [0.25, 0.3) is 0 Å². The number of benzene rings is 1. The normalized spacial score (nSPS) is 16.2. The summed E-state index contributed by atoms with van der Waals surface area (Å²) in [4.78, 5) is 0. The van der Waals surface area contributed by atoms with Gasteiger partial charge in [-0.3, -0.25) is 0 Å². The quantitative estimate of drug-likeness (QED) is 0.818. The lowest BCUT2D eigenvalue weighted by atomic mass is 9.97. The molecule has 0 spiro atoms. The summed E-state index contributed by atoms with van der Waals surface area (Å²) in [5.41, 5.74) is 2.39. The van der Waals surface area contributed by atoms with E-state index in [9.17, 15) is 5.11 Å². The first-order valence-electron chi connectivity index (χ1n) is 6.69. The summed E-state index contributed by atoms with van der Waals surface area (Å²) in [6.07, 6.45) is 3.83. The Morgan fingerprint density at radius 3 is 2.18 bits per heavy atom. The summed E-state index contributed by atoms with van der Waals surface area (Å²) >= 11 is 0. The Morgan fingerprint density at radius 2 is 1.71 bits per heavy atom. The van der Waals surface area contributed by atoms with Gasteiger partial charge in [0, 0.05) is 12.6 Å². The van der Waals surface area contributed by atoms with E-state index >= 15 is 0 Å². The van der Waals surface area contributed by atoms with Gasteiger partial charge in [0.1, 0.15) is 0 Å². The summed E-state index contributed by atoms with van der Waals surface area (Å²) in [6, 6.07) is 9.13. The highest BCUT2D eigenvalue weighted by Gasteiger charge is 2.26. The SMILES string of the molecule is CCC(O)(CC)CNC1Cc2ccccc2C1. The van der Waals surface area contributed by atoms with Gasteiger partial charge >= 0.3 is 0 Å². The molecule has 17 heavy (non-hydrogen) atoms. The lowest BCUT2D eigenvalue weighted by Gasteiger charge is -2.27. The third-order valence-corrected chi connectivity index (χ3v) is 4.09. The van der Waals surface area contributed by atoms with Gasteiger partial charge in [0.25, 0.3) is 0 Å². The van der Waals surface area contributed by atoms with Crippen LogP contribution >= 0.6 is 0 Å². The minimum absolute atomic E-state index is 0.497. The van der Waals surface area contributed by atoms with Gasteiger partial charge in [0.05, 0.1) is 5.60 Å². The lowest BCUT2D eigenvalue weighted by molar-refractivity contribution is 0.0301. The first-order chi connectivity index (χ1) is 8.17. The molecule has 2 N–H and O–H groups in total. The standard InChI is InChI=1S/C15H23NO/c1-3-15(17,4-2)11-16-14-9-12-7-5-6-8-13(12)10-14/h5-8,14,16-17H,3-4,9-11H2,1-2H3. The maximum atomic E-state index is 10.2. The van der Waals surface area contributed by atoms with Gasteiger partial charge in [-0.2, -0.15) is 0 Å². The molecule has 1 aromatic rings. The highest BCUT2D eigenvalue weighted by molar-refractivity contribution is 5.33. The van der Waals surface area contributed by atoms with Crippen molar-refractivity contribution in [3.05, 3.63) is 35.4 Å². The first kappa shape index (κ1) is 12.6. The zero-order valence-corrected chi connectivity index (χ0v) is 10.9. The van der Waals surface area contributed by atoms with Crippen LogP contribution in [0.1, 0.15) is 37.8 Å². The Hall–Kier alpha value is -0.860. The lowest BCUT2D eigenvalue weighted by Crippen LogP contribution is -2.44. The molecular formula is C15H23NO. The van der Waals surface area contributed by atoms with Crippen molar-refractivity contribution >= 4 is 0 Å². The third kappa shape index (κ3) is 2.88. The highest BCUT2D eigenvalue weighted by Crippen LogP contribution is 2.22. The van der Waals surface area contributed by atoms with Gasteiger partial charge in [-0.25, -0.2) is 0 Å². The van der Waals surface area contributed by atoms with Crippen LogP contribution in [0.3, 0.4) is 0 Å². The average Bonchev–Trinajstić information content (AvgIpc) is 2.79. The second-order valence-corrected chi connectivity index (χ2v) is 5.19. The summed E-state index contributed by atoms with van der Waals surface area (Å²) in [6.45, 7) is 4.81. The number of aliphatic hydroxyl groups is 1. The summed E-state index contributed by atoms with van der Waals surface area (Å²) < 4.78 is 0. The largest absolute Gasteiger partial charge is 0.389 e. The van der Waals surface area contributed by atoms with Crippen molar-refractivity contribution in [2.45, 2.75) is 51.2 Å². The third-order valence-electron chi connectivity index (χ3n) is 4.09. The van der Waals surface area contributed by atoms with E-state index in [4.69, 9.17) is 0 Å². The molecule has 2 nitrogen and oxygen atoms in total. The topological polar surface area (TPSA) is 32.3 Å². The molecule has 1 aliphatic rings. The van der Waals surface area contributed by atoms with E-state index in [0.717, 1.165) is 25.7 Å². The van der Waals surface area contributed by atoms with Crippen molar-refractivity contribution in [3.8, 4) is 0 Å². The zero-order chi connectivity index (χ0) is 12.3. The van der Waals surface area contributed by atoms with Crippen molar-refractivity contribution in [2.24, 2.45) is 0 Å². The zero-order valence-electron chi connectivity index (χ0n) is 10.9. The monoisotopic (exact) mass is 233 g/mol. The maximum absolute atomic E-state index is 10.2. The molecule has 94 valence electrons. The maximum Gasteiger partial charge on any atom is 0.0766 e. The molecule has 0 atom stereocenters. The Morgan fingerprint density at radius 1 is 1.18 bits per heavy atom. The summed E-state index contributed by atoms with van der Waals surface area (Å²) in [5.74, 6) is 0. The molecule has 0 saturated heterocycles. The van der Waals surface area contributed by atoms with Gasteiger partial charge in [-0.1, -0.05) is 38.1 Å². The van der Waals surface area contributed by atoms with Crippen molar-refractivity contribution in [2.75, 3.05) is 6.54 Å².